The third kappa shape index (κ3) is 4.03. The summed E-state index contributed by atoms with van der Waals surface area (Å²) in [5.41, 5.74) is 4.74. The van der Waals surface area contributed by atoms with Gasteiger partial charge in [-0.2, -0.15) is 0 Å². The monoisotopic (exact) mass is 365 g/mol. The number of aryl methyl sites for hydroxylation is 3. The Morgan fingerprint density at radius 1 is 1.04 bits per heavy atom. The maximum absolute atomic E-state index is 12.6. The van der Waals surface area contributed by atoms with Crippen molar-refractivity contribution >= 4 is 11.8 Å². The predicted molar refractivity (Wildman–Crippen MR) is 102 cm³/mol. The Bertz CT molecular complexity index is 980. The van der Waals surface area contributed by atoms with E-state index in [2.05, 4.69) is 0 Å². The fourth-order valence-corrected chi connectivity index (χ4v) is 3.21. The first kappa shape index (κ1) is 18.7. The van der Waals surface area contributed by atoms with Gasteiger partial charge in [-0.25, -0.2) is 4.79 Å². The molecule has 0 amide bonds. The lowest BCUT2D eigenvalue weighted by molar-refractivity contribution is 0.0473. The molecular weight excluding hydrogens is 342 g/mol. The van der Waals surface area contributed by atoms with Gasteiger partial charge in [0.05, 0.1) is 18.4 Å². The van der Waals surface area contributed by atoms with Crippen LogP contribution in [0.3, 0.4) is 0 Å². The van der Waals surface area contributed by atoms with Gasteiger partial charge < -0.3 is 13.7 Å². The van der Waals surface area contributed by atoms with Crippen molar-refractivity contribution in [1.29, 1.82) is 0 Å². The Kier molecular flexibility index (Phi) is 5.31. The van der Waals surface area contributed by atoms with Gasteiger partial charge in [0.25, 0.3) is 0 Å². The summed E-state index contributed by atoms with van der Waals surface area (Å²) in [6.45, 7) is 7.92. The number of nitrogens with zero attached hydrogens (tertiary/aromatic N) is 1. The van der Waals surface area contributed by atoms with Crippen LogP contribution in [0.1, 0.15) is 49.0 Å². The van der Waals surface area contributed by atoms with Crippen molar-refractivity contribution in [2.45, 2.75) is 34.2 Å². The SMILES string of the molecule is Cc1ccc(C(=O)OCC(=O)c2cc(C)n(Cc3ccco3)c2C)c(C)c1. The van der Waals surface area contributed by atoms with Crippen molar-refractivity contribution < 1.29 is 18.7 Å². The van der Waals surface area contributed by atoms with Crippen LogP contribution < -0.4 is 0 Å². The molecule has 0 aliphatic heterocycles. The molecule has 0 radical (unpaired) electrons. The van der Waals surface area contributed by atoms with Crippen molar-refractivity contribution in [2.75, 3.05) is 6.61 Å². The highest BCUT2D eigenvalue weighted by atomic mass is 16.5. The maximum Gasteiger partial charge on any atom is 0.338 e. The van der Waals surface area contributed by atoms with Gasteiger partial charge in [0.2, 0.25) is 5.78 Å². The maximum atomic E-state index is 12.6. The van der Waals surface area contributed by atoms with Crippen molar-refractivity contribution in [3.05, 3.63) is 82.1 Å². The minimum Gasteiger partial charge on any atom is -0.467 e. The number of ether oxygens (including phenoxy) is 1. The van der Waals surface area contributed by atoms with Crippen LogP contribution in [-0.4, -0.2) is 22.9 Å². The largest absolute Gasteiger partial charge is 0.467 e. The van der Waals surface area contributed by atoms with Crippen LogP contribution in [0.5, 0.6) is 0 Å². The zero-order valence-electron chi connectivity index (χ0n) is 16.0. The molecule has 0 N–H and O–H groups in total. The molecular formula is C22H23NO4. The molecule has 27 heavy (non-hydrogen) atoms. The van der Waals surface area contributed by atoms with Crippen molar-refractivity contribution in [3.63, 3.8) is 0 Å². The van der Waals surface area contributed by atoms with Gasteiger partial charge in [0.15, 0.2) is 6.61 Å². The molecule has 0 aliphatic rings. The quantitative estimate of drug-likeness (QED) is 0.480. The normalized spacial score (nSPS) is 10.8. The van der Waals surface area contributed by atoms with Crippen LogP contribution in [0.4, 0.5) is 0 Å². The number of Topliss-reactive ketones (excluding diaryl/α,β-unsaturated/α-hetero) is 1. The summed E-state index contributed by atoms with van der Waals surface area (Å²) in [6.07, 6.45) is 1.63. The molecule has 5 nitrogen and oxygen atoms in total. The molecule has 140 valence electrons. The molecule has 0 atom stereocenters. The van der Waals surface area contributed by atoms with E-state index in [1.165, 1.54) is 0 Å². The molecule has 0 fully saturated rings. The van der Waals surface area contributed by atoms with E-state index >= 15 is 0 Å². The third-order valence-electron chi connectivity index (χ3n) is 4.70. The van der Waals surface area contributed by atoms with E-state index in [-0.39, 0.29) is 12.4 Å². The number of aromatic nitrogens is 1. The fraction of sp³-hybridized carbons (Fsp3) is 0.273. The summed E-state index contributed by atoms with van der Waals surface area (Å²) < 4.78 is 12.7. The van der Waals surface area contributed by atoms with Crippen LogP contribution in [0.15, 0.2) is 47.1 Å². The van der Waals surface area contributed by atoms with Gasteiger partial charge in [-0.3, -0.25) is 4.79 Å². The third-order valence-corrected chi connectivity index (χ3v) is 4.70. The zero-order valence-corrected chi connectivity index (χ0v) is 16.0. The summed E-state index contributed by atoms with van der Waals surface area (Å²) in [5.74, 6) is 0.120. The number of furan rings is 1. The van der Waals surface area contributed by atoms with Gasteiger partial charge in [-0.05, 0) is 57.5 Å². The Morgan fingerprint density at radius 2 is 1.81 bits per heavy atom. The van der Waals surface area contributed by atoms with Crippen LogP contribution in [0.2, 0.25) is 0 Å². The average molecular weight is 365 g/mol. The molecule has 2 aromatic heterocycles. The molecule has 0 saturated heterocycles. The van der Waals surface area contributed by atoms with E-state index in [1.54, 1.807) is 12.3 Å². The highest BCUT2D eigenvalue weighted by molar-refractivity contribution is 6.00. The summed E-state index contributed by atoms with van der Waals surface area (Å²) >= 11 is 0. The van der Waals surface area contributed by atoms with Crippen LogP contribution in [0.25, 0.3) is 0 Å². The second-order valence-corrected chi connectivity index (χ2v) is 6.77. The highest BCUT2D eigenvalue weighted by Gasteiger charge is 2.19. The number of carbonyl (C=O) groups excluding carboxylic acids is 2. The molecule has 0 spiro atoms. The number of benzene rings is 1. The minimum atomic E-state index is -0.481. The molecule has 2 heterocycles. The molecule has 0 unspecified atom stereocenters. The second-order valence-electron chi connectivity index (χ2n) is 6.77. The van der Waals surface area contributed by atoms with E-state index < -0.39 is 5.97 Å². The van der Waals surface area contributed by atoms with E-state index in [0.29, 0.717) is 17.7 Å². The van der Waals surface area contributed by atoms with E-state index in [4.69, 9.17) is 9.15 Å². The average Bonchev–Trinajstić information content (AvgIpc) is 3.23. The molecule has 0 aliphatic carbocycles. The van der Waals surface area contributed by atoms with Gasteiger partial charge >= 0.3 is 5.97 Å². The van der Waals surface area contributed by atoms with Crippen LogP contribution in [-0.2, 0) is 11.3 Å². The molecule has 0 saturated carbocycles. The molecule has 5 heteroatoms. The Balaban J connectivity index is 1.70. The fourth-order valence-electron chi connectivity index (χ4n) is 3.21. The van der Waals surface area contributed by atoms with Gasteiger partial charge in [-0.15, -0.1) is 0 Å². The Morgan fingerprint density at radius 3 is 2.48 bits per heavy atom. The zero-order chi connectivity index (χ0) is 19.6. The minimum absolute atomic E-state index is 0.216. The Labute approximate surface area is 158 Å². The van der Waals surface area contributed by atoms with Crippen molar-refractivity contribution in [1.82, 2.24) is 4.57 Å². The first-order valence-corrected chi connectivity index (χ1v) is 8.83. The first-order valence-electron chi connectivity index (χ1n) is 8.83. The second kappa shape index (κ2) is 7.66. The molecule has 0 bridgehead atoms. The van der Waals surface area contributed by atoms with Gasteiger partial charge in [0.1, 0.15) is 5.76 Å². The van der Waals surface area contributed by atoms with Crippen LogP contribution >= 0.6 is 0 Å². The lowest BCUT2D eigenvalue weighted by atomic mass is 10.1. The molecule has 3 aromatic rings. The van der Waals surface area contributed by atoms with E-state index in [9.17, 15) is 9.59 Å². The Hall–Kier alpha value is -3.08. The summed E-state index contributed by atoms with van der Waals surface area (Å²) in [7, 11) is 0. The van der Waals surface area contributed by atoms with Crippen molar-refractivity contribution in [3.8, 4) is 0 Å². The number of rotatable bonds is 6. The number of carbonyl (C=O) groups is 2. The van der Waals surface area contributed by atoms with E-state index in [0.717, 1.165) is 28.3 Å². The lowest BCUT2D eigenvalue weighted by Crippen LogP contribution is -2.16. The number of hydrogen-bond donors (Lipinski definition) is 0. The van der Waals surface area contributed by atoms with Crippen LogP contribution in [0, 0.1) is 27.7 Å². The number of hydrogen-bond acceptors (Lipinski definition) is 4. The first-order chi connectivity index (χ1) is 12.9. The number of esters is 1. The lowest BCUT2D eigenvalue weighted by Gasteiger charge is -2.09. The molecule has 3 rings (SSSR count). The predicted octanol–water partition coefficient (Wildman–Crippen LogP) is 4.40. The molecule has 1 aromatic carbocycles. The van der Waals surface area contributed by atoms with E-state index in [1.807, 2.05) is 62.6 Å². The summed E-state index contributed by atoms with van der Waals surface area (Å²) in [6, 6.07) is 11.1. The summed E-state index contributed by atoms with van der Waals surface area (Å²) in [5, 5.41) is 0. The topological polar surface area (TPSA) is 61.4 Å². The van der Waals surface area contributed by atoms with Crippen molar-refractivity contribution in [2.24, 2.45) is 0 Å². The standard InChI is InChI=1S/C22H23NO4/c1-14-7-8-19(15(2)10-14)22(25)27-13-21(24)20-11-16(3)23(17(20)4)12-18-6-5-9-26-18/h5-11H,12-13H2,1-4H3. The smallest absolute Gasteiger partial charge is 0.338 e. The summed E-state index contributed by atoms with van der Waals surface area (Å²) in [4.78, 5) is 24.9. The highest BCUT2D eigenvalue weighted by Crippen LogP contribution is 2.19. The van der Waals surface area contributed by atoms with Gasteiger partial charge in [-0.1, -0.05) is 17.7 Å². The number of ketones is 1. The van der Waals surface area contributed by atoms with Gasteiger partial charge in [0, 0.05) is 17.0 Å².